The van der Waals surface area contributed by atoms with Gasteiger partial charge in [0.1, 0.15) is 10.7 Å². The predicted molar refractivity (Wildman–Crippen MR) is 122 cm³/mol. The third-order valence-electron chi connectivity index (χ3n) is 4.84. The van der Waals surface area contributed by atoms with E-state index in [1.807, 2.05) is 35.7 Å². The number of benzene rings is 2. The van der Waals surface area contributed by atoms with Crippen molar-refractivity contribution in [2.45, 2.75) is 6.54 Å². The zero-order valence-electron chi connectivity index (χ0n) is 16.5. The molecule has 1 amide bonds. The summed E-state index contributed by atoms with van der Waals surface area (Å²) in [6.07, 6.45) is 1.62. The summed E-state index contributed by atoms with van der Waals surface area (Å²) in [4.78, 5) is 26.5. The van der Waals surface area contributed by atoms with Gasteiger partial charge in [0.2, 0.25) is 11.0 Å². The van der Waals surface area contributed by atoms with Crippen LogP contribution in [0.4, 0.5) is 9.52 Å². The molecule has 0 spiro atoms. The number of halogens is 1. The molecule has 4 aromatic rings. The Morgan fingerprint density at radius 2 is 2.03 bits per heavy atom. The van der Waals surface area contributed by atoms with E-state index in [2.05, 4.69) is 21.5 Å². The van der Waals surface area contributed by atoms with E-state index in [9.17, 15) is 14.3 Å². The van der Waals surface area contributed by atoms with Crippen molar-refractivity contribution in [3.05, 3.63) is 92.6 Å². The first kappa shape index (κ1) is 20.2. The molecule has 6 nitrogen and oxygen atoms in total. The van der Waals surface area contributed by atoms with Crippen LogP contribution in [-0.4, -0.2) is 20.6 Å². The van der Waals surface area contributed by atoms with E-state index in [0.29, 0.717) is 20.5 Å². The van der Waals surface area contributed by atoms with E-state index >= 15 is 0 Å². The van der Waals surface area contributed by atoms with Crippen molar-refractivity contribution in [3.63, 3.8) is 0 Å². The zero-order valence-corrected chi connectivity index (χ0v) is 18.2. The van der Waals surface area contributed by atoms with E-state index in [-0.39, 0.29) is 22.9 Å². The number of aromatic hydroxyl groups is 1. The topological polar surface area (TPSA) is 79.8 Å². The van der Waals surface area contributed by atoms with Crippen LogP contribution in [0.5, 0.6) is 5.88 Å². The van der Waals surface area contributed by atoms with Crippen LogP contribution in [-0.2, 0) is 11.3 Å². The number of fused-ring (bicyclic) bond motifs is 1. The highest BCUT2D eigenvalue weighted by Gasteiger charge is 2.25. The third-order valence-corrected chi connectivity index (χ3v) is 6.66. The van der Waals surface area contributed by atoms with Crippen LogP contribution in [0.2, 0.25) is 0 Å². The van der Waals surface area contributed by atoms with Gasteiger partial charge in [-0.2, -0.15) is 4.99 Å². The molecule has 0 unspecified atom stereocenters. The van der Waals surface area contributed by atoms with E-state index in [1.165, 1.54) is 34.1 Å². The van der Waals surface area contributed by atoms with Gasteiger partial charge in [0, 0.05) is 22.7 Å². The summed E-state index contributed by atoms with van der Waals surface area (Å²) in [7, 11) is 0. The Labute approximate surface area is 189 Å². The standard InChI is InChI=1S/C23H15FN4O2S2/c1-2-10-28-21(30)19(18-15-11-14(24)8-9-16(15)25-20(18)29)32-23(28)27-22-26-17(12-31-22)13-6-4-3-5-7-13/h2-9,11-12,30H,1,10H2/b27-23+. The SMILES string of the molecule is C=CCn1c(O)c(C2=c3cc(F)ccc3=NC2=O)s/c1=N/c1nc(-c2ccccc2)cs1. The number of allylic oxidation sites excluding steroid dienone is 1. The number of hydrogen-bond acceptors (Lipinski definition) is 6. The van der Waals surface area contributed by atoms with Crippen molar-refractivity contribution in [3.8, 4) is 17.1 Å². The highest BCUT2D eigenvalue weighted by atomic mass is 32.1. The molecule has 1 aliphatic rings. The fourth-order valence-corrected chi connectivity index (χ4v) is 5.23. The number of hydrogen-bond donors (Lipinski definition) is 1. The van der Waals surface area contributed by atoms with Crippen molar-refractivity contribution in [2.24, 2.45) is 9.98 Å². The van der Waals surface area contributed by atoms with Crippen molar-refractivity contribution in [2.75, 3.05) is 0 Å². The van der Waals surface area contributed by atoms with Gasteiger partial charge in [0.05, 0.1) is 16.6 Å². The summed E-state index contributed by atoms with van der Waals surface area (Å²) < 4.78 is 15.4. The molecule has 9 heteroatoms. The highest BCUT2D eigenvalue weighted by molar-refractivity contribution is 7.14. The van der Waals surface area contributed by atoms with Crippen molar-refractivity contribution in [1.82, 2.24) is 9.55 Å². The van der Waals surface area contributed by atoms with Gasteiger partial charge in [-0.1, -0.05) is 47.7 Å². The maximum atomic E-state index is 13.8. The molecule has 158 valence electrons. The van der Waals surface area contributed by atoms with Crippen LogP contribution in [0.25, 0.3) is 16.8 Å². The highest BCUT2D eigenvalue weighted by Crippen LogP contribution is 2.30. The van der Waals surface area contributed by atoms with Crippen LogP contribution in [0.15, 0.2) is 76.6 Å². The number of rotatable bonds is 5. The van der Waals surface area contributed by atoms with E-state index in [1.54, 1.807) is 6.08 Å². The number of aromatic nitrogens is 2. The number of amides is 1. The fraction of sp³-hybridized carbons (Fsp3) is 0.0435. The second-order valence-electron chi connectivity index (χ2n) is 6.88. The summed E-state index contributed by atoms with van der Waals surface area (Å²) in [6, 6.07) is 13.7. The largest absolute Gasteiger partial charge is 0.493 e. The molecule has 5 rings (SSSR count). The molecule has 2 aromatic heterocycles. The Balaban J connectivity index is 1.68. The van der Waals surface area contributed by atoms with Crippen molar-refractivity contribution >= 4 is 39.3 Å². The second-order valence-corrected chi connectivity index (χ2v) is 8.70. The average molecular weight is 463 g/mol. The molecule has 0 saturated heterocycles. The summed E-state index contributed by atoms with van der Waals surface area (Å²) in [5, 5.41) is 14.1. The number of carbonyl (C=O) groups is 1. The van der Waals surface area contributed by atoms with Gasteiger partial charge in [-0.15, -0.1) is 17.9 Å². The van der Waals surface area contributed by atoms with Gasteiger partial charge < -0.3 is 5.11 Å². The predicted octanol–water partition coefficient (Wildman–Crippen LogP) is 3.30. The Bertz CT molecular complexity index is 1570. The summed E-state index contributed by atoms with van der Waals surface area (Å²) >= 11 is 2.49. The molecule has 0 bridgehead atoms. The molecule has 0 atom stereocenters. The Morgan fingerprint density at radius 3 is 2.81 bits per heavy atom. The van der Waals surface area contributed by atoms with Crippen LogP contribution >= 0.6 is 22.7 Å². The average Bonchev–Trinajstić information content (AvgIpc) is 3.46. The molecule has 0 fully saturated rings. The first-order valence-electron chi connectivity index (χ1n) is 9.57. The lowest BCUT2D eigenvalue weighted by Gasteiger charge is -2.02. The lowest BCUT2D eigenvalue weighted by molar-refractivity contribution is -0.112. The smallest absolute Gasteiger partial charge is 0.279 e. The van der Waals surface area contributed by atoms with Gasteiger partial charge in [-0.05, 0) is 18.2 Å². The summed E-state index contributed by atoms with van der Waals surface area (Å²) in [6.45, 7) is 4.00. The van der Waals surface area contributed by atoms with Crippen molar-refractivity contribution < 1.29 is 14.3 Å². The molecule has 3 heterocycles. The first-order valence-corrected chi connectivity index (χ1v) is 11.3. The molecule has 1 aliphatic heterocycles. The van der Waals surface area contributed by atoms with Crippen molar-refractivity contribution in [1.29, 1.82) is 0 Å². The quantitative estimate of drug-likeness (QED) is 0.462. The normalized spacial score (nSPS) is 13.3. The zero-order chi connectivity index (χ0) is 22.2. The number of carbonyl (C=O) groups excluding carboxylic acids is 1. The molecule has 32 heavy (non-hydrogen) atoms. The molecular weight excluding hydrogens is 447 g/mol. The Kier molecular flexibility index (Phi) is 5.12. The second kappa shape index (κ2) is 8.10. The Hall–Kier alpha value is -3.69. The minimum Gasteiger partial charge on any atom is -0.493 e. The fourth-order valence-electron chi connectivity index (χ4n) is 3.39. The monoisotopic (exact) mass is 462 g/mol. The minimum atomic E-state index is -0.528. The van der Waals surface area contributed by atoms with Crippen LogP contribution in [0, 0.1) is 5.82 Å². The van der Waals surface area contributed by atoms with Gasteiger partial charge in [-0.3, -0.25) is 9.36 Å². The van der Waals surface area contributed by atoms with Crippen LogP contribution in [0.1, 0.15) is 4.88 Å². The maximum Gasteiger partial charge on any atom is 0.279 e. The van der Waals surface area contributed by atoms with Crippen LogP contribution in [0.3, 0.4) is 0 Å². The molecule has 0 saturated carbocycles. The molecule has 0 aliphatic carbocycles. The number of nitrogens with zero attached hydrogens (tertiary/aromatic N) is 4. The lowest BCUT2D eigenvalue weighted by Crippen LogP contribution is -2.23. The van der Waals surface area contributed by atoms with E-state index < -0.39 is 11.7 Å². The summed E-state index contributed by atoms with van der Waals surface area (Å²) in [5.41, 5.74) is 1.94. The number of thiazole rings is 2. The van der Waals surface area contributed by atoms with Gasteiger partial charge in [-0.25, -0.2) is 14.4 Å². The molecule has 1 N–H and O–H groups in total. The molecular formula is C23H15FN4O2S2. The first-order chi connectivity index (χ1) is 15.5. The van der Waals surface area contributed by atoms with E-state index in [4.69, 9.17) is 0 Å². The summed E-state index contributed by atoms with van der Waals surface area (Å²) in [5.74, 6) is -1.16. The minimum absolute atomic E-state index is 0.149. The lowest BCUT2D eigenvalue weighted by atomic mass is 10.1. The maximum absolute atomic E-state index is 13.8. The Morgan fingerprint density at radius 1 is 1.22 bits per heavy atom. The molecule has 2 aromatic carbocycles. The molecule has 0 radical (unpaired) electrons. The van der Waals surface area contributed by atoms with Crippen LogP contribution < -0.4 is 15.4 Å². The third kappa shape index (κ3) is 3.51. The van der Waals surface area contributed by atoms with Gasteiger partial charge in [0.15, 0.2) is 4.80 Å². The van der Waals surface area contributed by atoms with Gasteiger partial charge >= 0.3 is 0 Å². The van der Waals surface area contributed by atoms with Gasteiger partial charge in [0.25, 0.3) is 5.91 Å². The van der Waals surface area contributed by atoms with E-state index in [0.717, 1.165) is 22.6 Å².